The standard InChI is InChI=1S/C15H14N2O5/c16-6-5-11-1-3-12(4-2-11)17-14(18)10-22-15(19)13-9-20-7-8-21-13/h1-4,9H,5,7-8,10H2,(H,17,18). The van der Waals surface area contributed by atoms with Crippen molar-refractivity contribution in [3.63, 3.8) is 0 Å². The minimum atomic E-state index is -0.751. The number of benzene rings is 1. The highest BCUT2D eigenvalue weighted by molar-refractivity contribution is 5.94. The Morgan fingerprint density at radius 2 is 2.05 bits per heavy atom. The molecule has 0 saturated carbocycles. The van der Waals surface area contributed by atoms with Gasteiger partial charge in [0.25, 0.3) is 5.91 Å². The first-order valence-electron chi connectivity index (χ1n) is 6.56. The molecule has 1 heterocycles. The zero-order chi connectivity index (χ0) is 15.8. The van der Waals surface area contributed by atoms with Crippen molar-refractivity contribution in [1.29, 1.82) is 5.26 Å². The van der Waals surface area contributed by atoms with Gasteiger partial charge in [-0.25, -0.2) is 4.79 Å². The lowest BCUT2D eigenvalue weighted by Crippen LogP contribution is -2.23. The van der Waals surface area contributed by atoms with Crippen molar-refractivity contribution in [2.24, 2.45) is 0 Å². The maximum atomic E-state index is 11.7. The summed E-state index contributed by atoms with van der Waals surface area (Å²) >= 11 is 0. The Morgan fingerprint density at radius 1 is 1.27 bits per heavy atom. The van der Waals surface area contributed by atoms with E-state index in [2.05, 4.69) is 5.32 Å². The van der Waals surface area contributed by atoms with Gasteiger partial charge in [0, 0.05) is 5.69 Å². The second-order valence-electron chi connectivity index (χ2n) is 4.36. The van der Waals surface area contributed by atoms with Gasteiger partial charge in [0.1, 0.15) is 19.5 Å². The second kappa shape index (κ2) is 7.69. The first-order chi connectivity index (χ1) is 10.7. The minimum absolute atomic E-state index is 0.0556. The van der Waals surface area contributed by atoms with Gasteiger partial charge in [-0.2, -0.15) is 5.26 Å². The first-order valence-corrected chi connectivity index (χ1v) is 6.56. The fourth-order valence-electron chi connectivity index (χ4n) is 1.67. The summed E-state index contributed by atoms with van der Waals surface area (Å²) in [5, 5.41) is 11.2. The number of esters is 1. The molecule has 1 aliphatic rings. The van der Waals surface area contributed by atoms with Crippen molar-refractivity contribution in [3.8, 4) is 6.07 Å². The van der Waals surface area contributed by atoms with E-state index in [9.17, 15) is 9.59 Å². The van der Waals surface area contributed by atoms with E-state index in [1.807, 2.05) is 6.07 Å². The summed E-state index contributed by atoms with van der Waals surface area (Å²) in [5.74, 6) is -1.28. The van der Waals surface area contributed by atoms with Gasteiger partial charge in [0.15, 0.2) is 6.61 Å². The van der Waals surface area contributed by atoms with Gasteiger partial charge < -0.3 is 19.5 Å². The van der Waals surface area contributed by atoms with Gasteiger partial charge >= 0.3 is 5.97 Å². The van der Waals surface area contributed by atoms with Crippen molar-refractivity contribution >= 4 is 17.6 Å². The van der Waals surface area contributed by atoms with Gasteiger partial charge in [-0.1, -0.05) is 12.1 Å². The Hall–Kier alpha value is -3.01. The molecule has 0 aliphatic carbocycles. The van der Waals surface area contributed by atoms with Crippen LogP contribution in [0.15, 0.2) is 36.3 Å². The number of nitriles is 1. The molecule has 0 unspecified atom stereocenters. The Labute approximate surface area is 127 Å². The third-order valence-electron chi connectivity index (χ3n) is 2.71. The molecule has 0 spiro atoms. The zero-order valence-corrected chi connectivity index (χ0v) is 11.7. The molecule has 0 bridgehead atoms. The zero-order valence-electron chi connectivity index (χ0n) is 11.7. The van der Waals surface area contributed by atoms with Crippen molar-refractivity contribution in [2.45, 2.75) is 6.42 Å². The molecule has 1 amide bonds. The van der Waals surface area contributed by atoms with Crippen molar-refractivity contribution in [2.75, 3.05) is 25.1 Å². The molecular weight excluding hydrogens is 288 g/mol. The molecule has 2 rings (SSSR count). The molecule has 114 valence electrons. The lowest BCUT2D eigenvalue weighted by atomic mass is 10.1. The van der Waals surface area contributed by atoms with Gasteiger partial charge in [0.05, 0.1) is 12.5 Å². The predicted octanol–water partition coefficient (Wildman–Crippen LogP) is 1.12. The van der Waals surface area contributed by atoms with Crippen LogP contribution in [0.1, 0.15) is 5.56 Å². The van der Waals surface area contributed by atoms with E-state index in [-0.39, 0.29) is 12.4 Å². The van der Waals surface area contributed by atoms with E-state index >= 15 is 0 Å². The van der Waals surface area contributed by atoms with Crippen LogP contribution in [0.25, 0.3) is 0 Å². The highest BCUT2D eigenvalue weighted by Gasteiger charge is 2.17. The van der Waals surface area contributed by atoms with E-state index in [0.29, 0.717) is 18.7 Å². The Balaban J connectivity index is 1.79. The highest BCUT2D eigenvalue weighted by atomic mass is 16.6. The Kier molecular flexibility index (Phi) is 5.37. The molecule has 7 heteroatoms. The summed E-state index contributed by atoms with van der Waals surface area (Å²) in [6.45, 7) is 0.209. The summed E-state index contributed by atoms with van der Waals surface area (Å²) in [5.41, 5.74) is 1.41. The van der Waals surface area contributed by atoms with E-state index in [1.165, 1.54) is 0 Å². The Bertz CT molecular complexity index is 616. The number of nitrogens with zero attached hydrogens (tertiary/aromatic N) is 1. The number of ether oxygens (including phenoxy) is 3. The van der Waals surface area contributed by atoms with Crippen LogP contribution in [0.5, 0.6) is 0 Å². The van der Waals surface area contributed by atoms with Crippen LogP contribution in [0, 0.1) is 11.3 Å². The molecule has 1 N–H and O–H groups in total. The fraction of sp³-hybridized carbons (Fsp3) is 0.267. The molecule has 0 aromatic heterocycles. The normalized spacial score (nSPS) is 13.0. The van der Waals surface area contributed by atoms with Crippen LogP contribution in [-0.2, 0) is 30.2 Å². The fourth-order valence-corrected chi connectivity index (χ4v) is 1.67. The second-order valence-corrected chi connectivity index (χ2v) is 4.36. The van der Waals surface area contributed by atoms with Gasteiger partial charge in [-0.05, 0) is 17.7 Å². The molecule has 1 aliphatic heterocycles. The third-order valence-corrected chi connectivity index (χ3v) is 2.71. The number of nitrogens with one attached hydrogen (secondary N) is 1. The van der Waals surface area contributed by atoms with E-state index in [4.69, 9.17) is 19.5 Å². The summed E-state index contributed by atoms with van der Waals surface area (Å²) in [4.78, 5) is 23.2. The monoisotopic (exact) mass is 302 g/mol. The quantitative estimate of drug-likeness (QED) is 0.819. The smallest absolute Gasteiger partial charge is 0.377 e. The average Bonchev–Trinajstić information content (AvgIpc) is 2.55. The lowest BCUT2D eigenvalue weighted by molar-refractivity contribution is -0.148. The van der Waals surface area contributed by atoms with Gasteiger partial charge in [-0.15, -0.1) is 0 Å². The summed E-state index contributed by atoms with van der Waals surface area (Å²) in [6.07, 6.45) is 1.47. The molecule has 0 radical (unpaired) electrons. The van der Waals surface area contributed by atoms with Crippen LogP contribution in [0.3, 0.4) is 0 Å². The maximum absolute atomic E-state index is 11.7. The van der Waals surface area contributed by atoms with E-state index in [0.717, 1.165) is 11.8 Å². The van der Waals surface area contributed by atoms with Crippen LogP contribution in [0.2, 0.25) is 0 Å². The highest BCUT2D eigenvalue weighted by Crippen LogP contribution is 2.10. The molecule has 1 aromatic carbocycles. The molecule has 22 heavy (non-hydrogen) atoms. The minimum Gasteiger partial charge on any atom is -0.493 e. The molecule has 0 fully saturated rings. The lowest BCUT2D eigenvalue weighted by Gasteiger charge is -2.14. The molecule has 7 nitrogen and oxygen atoms in total. The number of amides is 1. The number of hydrogen-bond acceptors (Lipinski definition) is 6. The topological polar surface area (TPSA) is 97.7 Å². The molecule has 0 atom stereocenters. The summed E-state index contributed by atoms with van der Waals surface area (Å²) in [6, 6.07) is 8.86. The number of carbonyl (C=O) groups excluding carboxylic acids is 2. The number of anilines is 1. The molecule has 0 saturated heterocycles. The van der Waals surface area contributed by atoms with Crippen LogP contribution >= 0.6 is 0 Å². The molecule has 1 aromatic rings. The molecular formula is C15H14N2O5. The SMILES string of the molecule is N#CCc1ccc(NC(=O)COC(=O)C2=COCCO2)cc1. The van der Waals surface area contributed by atoms with Crippen molar-refractivity contribution in [1.82, 2.24) is 0 Å². The predicted molar refractivity (Wildman–Crippen MR) is 75.3 cm³/mol. The summed E-state index contributed by atoms with van der Waals surface area (Å²) in [7, 11) is 0. The van der Waals surface area contributed by atoms with Gasteiger partial charge in [-0.3, -0.25) is 4.79 Å². The average molecular weight is 302 g/mol. The van der Waals surface area contributed by atoms with Crippen LogP contribution in [0.4, 0.5) is 5.69 Å². The largest absolute Gasteiger partial charge is 0.493 e. The van der Waals surface area contributed by atoms with Crippen molar-refractivity contribution in [3.05, 3.63) is 41.9 Å². The number of carbonyl (C=O) groups is 2. The Morgan fingerprint density at radius 3 is 2.68 bits per heavy atom. The van der Waals surface area contributed by atoms with Crippen LogP contribution < -0.4 is 5.32 Å². The summed E-state index contributed by atoms with van der Waals surface area (Å²) < 4.78 is 14.8. The maximum Gasteiger partial charge on any atom is 0.377 e. The van der Waals surface area contributed by atoms with Crippen LogP contribution in [-0.4, -0.2) is 31.7 Å². The van der Waals surface area contributed by atoms with Crippen molar-refractivity contribution < 1.29 is 23.8 Å². The van der Waals surface area contributed by atoms with E-state index in [1.54, 1.807) is 24.3 Å². The number of rotatable bonds is 5. The third kappa shape index (κ3) is 4.52. The van der Waals surface area contributed by atoms with Gasteiger partial charge in [0.2, 0.25) is 5.76 Å². The first kappa shape index (κ1) is 15.4. The van der Waals surface area contributed by atoms with E-state index < -0.39 is 18.5 Å². The number of hydrogen-bond donors (Lipinski definition) is 1.